The second kappa shape index (κ2) is 9.65. The van der Waals surface area contributed by atoms with Crippen molar-refractivity contribution >= 4 is 17.8 Å². The van der Waals surface area contributed by atoms with Crippen LogP contribution in [0.1, 0.15) is 26.5 Å². The summed E-state index contributed by atoms with van der Waals surface area (Å²) in [6.07, 6.45) is -1.74. The Morgan fingerprint density at radius 3 is 2.23 bits per heavy atom. The van der Waals surface area contributed by atoms with E-state index in [-0.39, 0.29) is 24.5 Å². The molecule has 10 nitrogen and oxygen atoms in total. The summed E-state index contributed by atoms with van der Waals surface area (Å²) in [5.41, 5.74) is 4.80. The number of nitrogens with zero attached hydrogens (tertiary/aromatic N) is 2. The number of aliphatic hydroxyl groups is 1. The van der Waals surface area contributed by atoms with Crippen molar-refractivity contribution in [3.63, 3.8) is 0 Å². The lowest BCUT2D eigenvalue weighted by Crippen LogP contribution is -2.47. The maximum Gasteiger partial charge on any atom is 0.356 e. The van der Waals surface area contributed by atoms with Gasteiger partial charge in [-0.05, 0) is 16.7 Å². The summed E-state index contributed by atoms with van der Waals surface area (Å²) in [5.74, 6) is -3.46. The Labute approximate surface area is 176 Å². The number of hydrazine groups is 1. The van der Waals surface area contributed by atoms with Gasteiger partial charge >= 0.3 is 11.9 Å². The van der Waals surface area contributed by atoms with Gasteiger partial charge in [-0.15, -0.1) is 0 Å². The molecule has 1 aromatic heterocycles. The highest BCUT2D eigenvalue weighted by Gasteiger charge is 2.22. The number of aliphatic carboxylic acids is 1. The third-order valence-electron chi connectivity index (χ3n) is 4.41. The van der Waals surface area contributed by atoms with Crippen LogP contribution in [0, 0.1) is 0 Å². The fraction of sp³-hybridized carbons (Fsp3) is 0.143. The van der Waals surface area contributed by atoms with E-state index in [2.05, 4.69) is 15.6 Å². The van der Waals surface area contributed by atoms with E-state index in [4.69, 9.17) is 10.2 Å². The molecule has 0 aliphatic carbocycles. The average molecular weight is 424 g/mol. The zero-order chi connectivity index (χ0) is 22.4. The molecule has 0 aliphatic heterocycles. The van der Waals surface area contributed by atoms with Gasteiger partial charge in [-0.1, -0.05) is 54.6 Å². The van der Waals surface area contributed by atoms with Crippen molar-refractivity contribution in [2.45, 2.75) is 12.6 Å². The van der Waals surface area contributed by atoms with Crippen LogP contribution in [0.4, 0.5) is 0 Å². The molecule has 1 heterocycles. The Morgan fingerprint density at radius 2 is 1.65 bits per heavy atom. The predicted octanol–water partition coefficient (Wildman–Crippen LogP) is 1.37. The summed E-state index contributed by atoms with van der Waals surface area (Å²) in [7, 11) is 0. The van der Waals surface area contributed by atoms with Crippen LogP contribution in [0.25, 0.3) is 11.1 Å². The Bertz CT molecular complexity index is 1060. The predicted molar refractivity (Wildman–Crippen MR) is 109 cm³/mol. The number of benzene rings is 2. The molecule has 0 spiro atoms. The molecule has 1 unspecified atom stereocenters. The van der Waals surface area contributed by atoms with E-state index >= 15 is 0 Å². The lowest BCUT2D eigenvalue weighted by Gasteiger charge is -2.24. The van der Waals surface area contributed by atoms with Gasteiger partial charge in [0.15, 0.2) is 11.8 Å². The fourth-order valence-corrected chi connectivity index (χ4v) is 2.84. The molecule has 1 amide bonds. The molecule has 3 aromatic rings. The van der Waals surface area contributed by atoms with Gasteiger partial charge in [-0.25, -0.2) is 14.6 Å². The molecule has 3 rings (SSSR count). The molecule has 0 aliphatic rings. The van der Waals surface area contributed by atoms with E-state index in [1.165, 1.54) is 5.01 Å². The minimum atomic E-state index is -1.74. The number of amides is 1. The van der Waals surface area contributed by atoms with E-state index in [9.17, 15) is 19.5 Å². The number of aromatic nitrogens is 2. The first-order chi connectivity index (χ1) is 14.8. The molecule has 0 bridgehead atoms. The van der Waals surface area contributed by atoms with Gasteiger partial charge in [-0.2, -0.15) is 5.10 Å². The molecule has 10 heteroatoms. The zero-order valence-corrected chi connectivity index (χ0v) is 16.2. The van der Waals surface area contributed by atoms with Crippen molar-refractivity contribution in [2.24, 2.45) is 0 Å². The molecular weight excluding hydrogens is 404 g/mol. The van der Waals surface area contributed by atoms with Crippen molar-refractivity contribution in [3.05, 3.63) is 77.6 Å². The Balaban J connectivity index is 1.74. The largest absolute Gasteiger partial charge is 0.479 e. The minimum absolute atomic E-state index is 0.102. The quantitative estimate of drug-likeness (QED) is 0.323. The normalized spacial score (nSPS) is 11.8. The number of aliphatic hydroxyl groups excluding tert-OH is 1. The third-order valence-corrected chi connectivity index (χ3v) is 4.41. The van der Waals surface area contributed by atoms with Crippen LogP contribution >= 0.6 is 0 Å². The minimum Gasteiger partial charge on any atom is -0.479 e. The molecule has 0 fully saturated rings. The topological polar surface area (TPSA) is 156 Å². The highest BCUT2D eigenvalue weighted by molar-refractivity contribution is 5.95. The SMILES string of the molecule is O=C(O)c1cc(C(=O)NN(Cc2ccc(-c3ccccc3)cc2)CC(O)C(=O)O)[nH]n1. The second-order valence-electron chi connectivity index (χ2n) is 6.71. The summed E-state index contributed by atoms with van der Waals surface area (Å²) >= 11 is 0. The molecular formula is C21H20N4O6. The second-order valence-corrected chi connectivity index (χ2v) is 6.71. The van der Waals surface area contributed by atoms with E-state index in [0.29, 0.717) is 0 Å². The van der Waals surface area contributed by atoms with E-state index in [0.717, 1.165) is 22.8 Å². The number of carboxylic acids is 2. The summed E-state index contributed by atoms with van der Waals surface area (Å²) in [6, 6.07) is 18.2. The van der Waals surface area contributed by atoms with Gasteiger partial charge in [0, 0.05) is 12.6 Å². The van der Waals surface area contributed by atoms with Crippen molar-refractivity contribution in [1.29, 1.82) is 0 Å². The maximum atomic E-state index is 12.4. The Morgan fingerprint density at radius 1 is 1.00 bits per heavy atom. The number of hydrogen-bond donors (Lipinski definition) is 5. The van der Waals surface area contributed by atoms with E-state index < -0.39 is 23.9 Å². The maximum absolute atomic E-state index is 12.4. The number of carbonyl (C=O) groups is 3. The van der Waals surface area contributed by atoms with E-state index in [1.807, 2.05) is 54.6 Å². The summed E-state index contributed by atoms with van der Waals surface area (Å²) in [6.45, 7) is -0.285. The van der Waals surface area contributed by atoms with Gasteiger partial charge < -0.3 is 15.3 Å². The first-order valence-corrected chi connectivity index (χ1v) is 9.23. The third kappa shape index (κ3) is 5.75. The zero-order valence-electron chi connectivity index (χ0n) is 16.2. The number of carboxylic acid groups (broad SMARTS) is 2. The summed E-state index contributed by atoms with van der Waals surface area (Å²) in [5, 5.41) is 34.7. The van der Waals surface area contributed by atoms with Gasteiger partial charge in [0.2, 0.25) is 0 Å². The van der Waals surface area contributed by atoms with Crippen LogP contribution in [-0.2, 0) is 11.3 Å². The first kappa shape index (κ1) is 21.7. The average Bonchev–Trinajstić information content (AvgIpc) is 3.25. The van der Waals surface area contributed by atoms with Crippen LogP contribution in [0.3, 0.4) is 0 Å². The van der Waals surface area contributed by atoms with Gasteiger partial charge in [0.05, 0.1) is 6.54 Å². The van der Waals surface area contributed by atoms with Gasteiger partial charge in [0.25, 0.3) is 5.91 Å². The fourth-order valence-electron chi connectivity index (χ4n) is 2.84. The van der Waals surface area contributed by atoms with Crippen molar-refractivity contribution in [3.8, 4) is 11.1 Å². The van der Waals surface area contributed by atoms with Crippen LogP contribution in [-0.4, -0.2) is 61.0 Å². The summed E-state index contributed by atoms with van der Waals surface area (Å²) in [4.78, 5) is 34.4. The molecule has 0 radical (unpaired) electrons. The van der Waals surface area contributed by atoms with Crippen molar-refractivity contribution < 1.29 is 29.7 Å². The molecule has 160 valence electrons. The lowest BCUT2D eigenvalue weighted by molar-refractivity contribution is -0.148. The van der Waals surface area contributed by atoms with E-state index in [1.54, 1.807) is 0 Å². The number of aromatic carboxylic acids is 1. The monoisotopic (exact) mass is 424 g/mol. The standard InChI is InChI=1S/C21H20N4O6/c26-18(21(30)31)12-25(24-19(27)16-10-17(20(28)29)23-22-16)11-13-6-8-15(9-7-13)14-4-2-1-3-5-14/h1-10,18,26H,11-12H2,(H,22,23)(H,24,27)(H,28,29)(H,30,31). The number of rotatable bonds is 9. The summed E-state index contributed by atoms with van der Waals surface area (Å²) < 4.78 is 0. The highest BCUT2D eigenvalue weighted by Crippen LogP contribution is 2.19. The van der Waals surface area contributed by atoms with Crippen LogP contribution in [0.15, 0.2) is 60.7 Å². The van der Waals surface area contributed by atoms with Crippen LogP contribution < -0.4 is 5.43 Å². The lowest BCUT2D eigenvalue weighted by atomic mass is 10.0. The number of nitrogens with one attached hydrogen (secondary N) is 2. The molecule has 31 heavy (non-hydrogen) atoms. The first-order valence-electron chi connectivity index (χ1n) is 9.23. The van der Waals surface area contributed by atoms with Crippen LogP contribution in [0.2, 0.25) is 0 Å². The number of hydrogen-bond acceptors (Lipinski definition) is 6. The molecule has 0 saturated heterocycles. The Kier molecular flexibility index (Phi) is 6.75. The van der Waals surface area contributed by atoms with Gasteiger partial charge in [-0.3, -0.25) is 15.3 Å². The van der Waals surface area contributed by atoms with Crippen LogP contribution in [0.5, 0.6) is 0 Å². The molecule has 0 saturated carbocycles. The van der Waals surface area contributed by atoms with Crippen molar-refractivity contribution in [2.75, 3.05) is 6.54 Å². The smallest absolute Gasteiger partial charge is 0.356 e. The molecule has 5 N–H and O–H groups in total. The number of aromatic amines is 1. The number of H-pyrrole nitrogens is 1. The van der Waals surface area contributed by atoms with Gasteiger partial charge in [0.1, 0.15) is 5.69 Å². The van der Waals surface area contributed by atoms with Crippen molar-refractivity contribution in [1.82, 2.24) is 20.6 Å². The number of carbonyl (C=O) groups excluding carboxylic acids is 1. The Hall–Kier alpha value is -4.02. The molecule has 1 atom stereocenters. The highest BCUT2D eigenvalue weighted by atomic mass is 16.4. The molecule has 2 aromatic carbocycles.